The Morgan fingerprint density at radius 1 is 1.50 bits per heavy atom. The van der Waals surface area contributed by atoms with Crippen LogP contribution in [0.4, 0.5) is 0 Å². The minimum absolute atomic E-state index is 0.247. The average molecular weight is 242 g/mol. The molecule has 0 aliphatic carbocycles. The summed E-state index contributed by atoms with van der Waals surface area (Å²) in [5.41, 5.74) is 0.969. The summed E-state index contributed by atoms with van der Waals surface area (Å²) in [7, 11) is 1.92. The van der Waals surface area contributed by atoms with Gasteiger partial charge in [0.15, 0.2) is 0 Å². The Morgan fingerprint density at radius 3 is 2.50 bits per heavy atom. The number of carbonyl (C=O) groups excluding carboxylic acids is 1. The van der Waals surface area contributed by atoms with Crippen molar-refractivity contribution in [3.8, 4) is 0 Å². The van der Waals surface area contributed by atoms with Crippen molar-refractivity contribution < 1.29 is 14.9 Å². The zero-order valence-electron chi connectivity index (χ0n) is 8.90. The van der Waals surface area contributed by atoms with Gasteiger partial charge in [0.05, 0.1) is 0 Å². The molecule has 0 atom stereocenters. The van der Waals surface area contributed by atoms with Gasteiger partial charge in [-0.15, -0.1) is 11.8 Å². The maximum atomic E-state index is 8.35. The lowest BCUT2D eigenvalue weighted by molar-refractivity contribution is -0.253. The van der Waals surface area contributed by atoms with E-state index in [2.05, 4.69) is 10.2 Å². The van der Waals surface area contributed by atoms with Gasteiger partial charge in [-0.25, -0.2) is 15.1 Å². The van der Waals surface area contributed by atoms with E-state index in [0.29, 0.717) is 0 Å². The van der Waals surface area contributed by atoms with Crippen molar-refractivity contribution in [2.75, 3.05) is 12.9 Å². The molecule has 0 saturated heterocycles. The zero-order valence-corrected chi connectivity index (χ0v) is 9.71. The van der Waals surface area contributed by atoms with Crippen LogP contribution in [0.1, 0.15) is 5.56 Å². The second kappa shape index (κ2) is 10.4. The molecule has 88 valence electrons. The molecule has 16 heavy (non-hydrogen) atoms. The number of hydrogen-bond donors (Lipinski definition) is 3. The highest BCUT2D eigenvalue weighted by Gasteiger charge is 1.94. The first-order valence-corrected chi connectivity index (χ1v) is 5.43. The van der Waals surface area contributed by atoms with E-state index in [1.165, 1.54) is 4.90 Å². The molecule has 0 fully saturated rings. The molecule has 3 N–H and O–H groups in total. The van der Waals surface area contributed by atoms with Crippen LogP contribution >= 0.6 is 11.8 Å². The highest BCUT2D eigenvalue weighted by molar-refractivity contribution is 7.99. The van der Waals surface area contributed by atoms with Crippen LogP contribution in [0.3, 0.4) is 0 Å². The number of nitrogens with one attached hydrogen (secondary N) is 2. The normalized spacial score (nSPS) is 8.88. The van der Waals surface area contributed by atoms with E-state index in [0.717, 1.165) is 17.5 Å². The van der Waals surface area contributed by atoms with Gasteiger partial charge in [0.25, 0.3) is 0 Å². The van der Waals surface area contributed by atoms with Gasteiger partial charge in [-0.3, -0.25) is 5.26 Å². The first kappa shape index (κ1) is 14.8. The van der Waals surface area contributed by atoms with Crippen molar-refractivity contribution in [2.24, 2.45) is 0 Å². The van der Waals surface area contributed by atoms with Gasteiger partial charge in [0.2, 0.25) is 6.08 Å². The SMILES string of the molecule is CNCSc1ccc(COO)cc1.N=C=O. The molecule has 0 unspecified atom stereocenters. The Bertz CT molecular complexity index is 310. The second-order valence-corrected chi connectivity index (χ2v) is 3.71. The summed E-state index contributed by atoms with van der Waals surface area (Å²) >= 11 is 1.73. The molecule has 6 heteroatoms. The van der Waals surface area contributed by atoms with Crippen molar-refractivity contribution in [2.45, 2.75) is 11.5 Å². The van der Waals surface area contributed by atoms with E-state index >= 15 is 0 Å². The lowest BCUT2D eigenvalue weighted by Gasteiger charge is -2.01. The molecule has 1 rings (SSSR count). The van der Waals surface area contributed by atoms with Crippen molar-refractivity contribution in [3.63, 3.8) is 0 Å². The largest absolute Gasteiger partial charge is 0.311 e. The first-order valence-electron chi connectivity index (χ1n) is 4.45. The van der Waals surface area contributed by atoms with E-state index in [4.69, 9.17) is 15.5 Å². The van der Waals surface area contributed by atoms with Gasteiger partial charge in [-0.05, 0) is 24.7 Å². The van der Waals surface area contributed by atoms with Gasteiger partial charge in [-0.2, -0.15) is 0 Å². The quantitative estimate of drug-likeness (QED) is 0.183. The van der Waals surface area contributed by atoms with Crippen molar-refractivity contribution >= 4 is 17.8 Å². The molecule has 0 aliphatic rings. The van der Waals surface area contributed by atoms with Crippen LogP contribution in [-0.4, -0.2) is 24.3 Å². The van der Waals surface area contributed by atoms with Gasteiger partial charge in [0.1, 0.15) is 6.61 Å². The molecule has 0 bridgehead atoms. The summed E-state index contributed by atoms with van der Waals surface area (Å²) in [4.78, 5) is 13.6. The molecule has 1 aromatic carbocycles. The Balaban J connectivity index is 0.000000673. The Hall–Kier alpha value is -1.17. The lowest BCUT2D eigenvalue weighted by Crippen LogP contribution is -2.02. The molecule has 5 nitrogen and oxygen atoms in total. The predicted molar refractivity (Wildman–Crippen MR) is 62.1 cm³/mol. The summed E-state index contributed by atoms with van der Waals surface area (Å²) in [6.07, 6.45) is 0.750. The summed E-state index contributed by atoms with van der Waals surface area (Å²) < 4.78 is 0. The summed E-state index contributed by atoms with van der Waals surface area (Å²) in [5.74, 6) is 0.899. The van der Waals surface area contributed by atoms with E-state index in [1.807, 2.05) is 31.3 Å². The smallest absolute Gasteiger partial charge is 0.231 e. The standard InChI is InChI=1S/C9H13NO2S.CHNO/c1-10-7-13-9-4-2-8(3-5-9)6-12-11;2-1-3/h2-5,10-11H,6-7H2,1H3;2H. The third kappa shape index (κ3) is 7.17. The predicted octanol–water partition coefficient (Wildman–Crippen LogP) is 1.85. The van der Waals surface area contributed by atoms with Crippen LogP contribution in [0.15, 0.2) is 29.2 Å². The minimum Gasteiger partial charge on any atom is -0.311 e. The first-order chi connectivity index (χ1) is 7.78. The maximum absolute atomic E-state index is 8.35. The number of rotatable bonds is 5. The average Bonchev–Trinajstić information content (AvgIpc) is 2.30. The number of thioether (sulfide) groups is 1. The maximum Gasteiger partial charge on any atom is 0.231 e. The Morgan fingerprint density at radius 2 is 2.06 bits per heavy atom. The molecule has 0 amide bonds. The summed E-state index contributed by atoms with van der Waals surface area (Å²) in [5, 5.41) is 16.7. The molecule has 0 spiro atoms. The van der Waals surface area contributed by atoms with Crippen LogP contribution in [0, 0.1) is 5.41 Å². The fourth-order valence-corrected chi connectivity index (χ4v) is 1.55. The molecule has 0 radical (unpaired) electrons. The van der Waals surface area contributed by atoms with Crippen molar-refractivity contribution in [1.82, 2.24) is 5.32 Å². The van der Waals surface area contributed by atoms with Crippen molar-refractivity contribution in [3.05, 3.63) is 29.8 Å². The lowest BCUT2D eigenvalue weighted by atomic mass is 10.2. The number of benzene rings is 1. The van der Waals surface area contributed by atoms with Crippen LogP contribution in [0.2, 0.25) is 0 Å². The minimum atomic E-state index is 0.247. The third-order valence-corrected chi connectivity index (χ3v) is 2.58. The van der Waals surface area contributed by atoms with Crippen LogP contribution in [0.5, 0.6) is 0 Å². The second-order valence-electron chi connectivity index (χ2n) is 2.66. The van der Waals surface area contributed by atoms with Gasteiger partial charge < -0.3 is 5.32 Å². The van der Waals surface area contributed by atoms with Gasteiger partial charge >= 0.3 is 0 Å². The monoisotopic (exact) mass is 242 g/mol. The zero-order chi connectivity index (χ0) is 12.2. The Labute approximate surface area is 98.3 Å². The van der Waals surface area contributed by atoms with Crippen LogP contribution < -0.4 is 5.32 Å². The summed E-state index contributed by atoms with van der Waals surface area (Å²) in [6.45, 7) is 0.247. The highest BCUT2D eigenvalue weighted by Crippen LogP contribution is 2.17. The fourth-order valence-electron chi connectivity index (χ4n) is 0.912. The van der Waals surface area contributed by atoms with Crippen LogP contribution in [-0.2, 0) is 16.3 Å². The molecule has 1 aromatic rings. The van der Waals surface area contributed by atoms with E-state index in [1.54, 1.807) is 11.8 Å². The Kier molecular flexibility index (Phi) is 9.59. The fraction of sp³-hybridized carbons (Fsp3) is 0.300. The number of isocyanates is 1. The van der Waals surface area contributed by atoms with E-state index in [-0.39, 0.29) is 6.61 Å². The van der Waals surface area contributed by atoms with E-state index in [9.17, 15) is 0 Å². The molecule has 0 heterocycles. The molecule has 0 aliphatic heterocycles. The molecule has 0 saturated carbocycles. The third-order valence-electron chi connectivity index (χ3n) is 1.54. The molecule has 0 aromatic heterocycles. The van der Waals surface area contributed by atoms with Gasteiger partial charge in [0, 0.05) is 10.8 Å². The van der Waals surface area contributed by atoms with E-state index < -0.39 is 0 Å². The topological polar surface area (TPSA) is 82.4 Å². The molecular weight excluding hydrogens is 228 g/mol. The highest BCUT2D eigenvalue weighted by atomic mass is 32.2. The van der Waals surface area contributed by atoms with Crippen LogP contribution in [0.25, 0.3) is 0 Å². The molecular formula is C10H14N2O3S. The van der Waals surface area contributed by atoms with Gasteiger partial charge in [-0.1, -0.05) is 12.1 Å². The number of hydrogen-bond acceptors (Lipinski definition) is 6. The summed E-state index contributed by atoms with van der Waals surface area (Å²) in [6, 6.07) is 7.90. The van der Waals surface area contributed by atoms with Crippen molar-refractivity contribution in [1.29, 1.82) is 5.41 Å².